The monoisotopic (exact) mass is 282 g/mol. The van der Waals surface area contributed by atoms with Crippen molar-refractivity contribution in [2.45, 2.75) is 19.9 Å². The van der Waals surface area contributed by atoms with Gasteiger partial charge in [0.2, 0.25) is 5.95 Å². The third kappa shape index (κ3) is 2.23. The number of halogens is 1. The first-order valence-electron chi connectivity index (χ1n) is 6.82. The molecular formula is C17H15FN2O. The third-order valence-corrected chi connectivity index (χ3v) is 3.61. The van der Waals surface area contributed by atoms with Gasteiger partial charge in [0.15, 0.2) is 6.29 Å². The van der Waals surface area contributed by atoms with E-state index in [1.807, 2.05) is 24.4 Å². The quantitative estimate of drug-likeness (QED) is 0.532. The average molecular weight is 282 g/mol. The maximum absolute atomic E-state index is 13.0. The number of fused-ring (bicyclic) bond motifs is 1. The van der Waals surface area contributed by atoms with Crippen LogP contribution in [0.25, 0.3) is 22.0 Å². The summed E-state index contributed by atoms with van der Waals surface area (Å²) in [4.78, 5) is 15.1. The van der Waals surface area contributed by atoms with E-state index in [4.69, 9.17) is 0 Å². The lowest BCUT2D eigenvalue weighted by atomic mass is 10.0. The zero-order valence-corrected chi connectivity index (χ0v) is 11.9. The zero-order valence-electron chi connectivity index (χ0n) is 11.9. The number of rotatable bonds is 3. The Morgan fingerprint density at radius 2 is 2.05 bits per heavy atom. The minimum Gasteiger partial charge on any atom is -0.344 e. The van der Waals surface area contributed by atoms with E-state index >= 15 is 0 Å². The van der Waals surface area contributed by atoms with Crippen molar-refractivity contribution in [3.63, 3.8) is 0 Å². The predicted octanol–water partition coefficient (Wildman–Crippen LogP) is 4.24. The molecule has 0 amide bonds. The zero-order chi connectivity index (χ0) is 15.0. The van der Waals surface area contributed by atoms with Crippen molar-refractivity contribution < 1.29 is 9.18 Å². The Balaban J connectivity index is 2.33. The van der Waals surface area contributed by atoms with Crippen LogP contribution in [0.3, 0.4) is 0 Å². The number of benzene rings is 1. The molecule has 21 heavy (non-hydrogen) atoms. The van der Waals surface area contributed by atoms with Crippen molar-refractivity contribution in [1.29, 1.82) is 0 Å². The summed E-state index contributed by atoms with van der Waals surface area (Å²) in [7, 11) is 0. The first kappa shape index (κ1) is 13.5. The third-order valence-electron chi connectivity index (χ3n) is 3.61. The fourth-order valence-electron chi connectivity index (χ4n) is 2.63. The number of carbonyl (C=O) groups excluding carboxylic acids is 1. The molecule has 4 heteroatoms. The van der Waals surface area contributed by atoms with Gasteiger partial charge in [-0.1, -0.05) is 12.1 Å². The van der Waals surface area contributed by atoms with Crippen LogP contribution in [0.1, 0.15) is 30.2 Å². The number of carbonyl (C=O) groups is 1. The molecule has 0 radical (unpaired) electrons. The molecule has 1 aromatic carbocycles. The first-order chi connectivity index (χ1) is 10.1. The molecule has 0 saturated carbocycles. The predicted molar refractivity (Wildman–Crippen MR) is 80.9 cm³/mol. The highest BCUT2D eigenvalue weighted by Crippen LogP contribution is 2.33. The van der Waals surface area contributed by atoms with Gasteiger partial charge in [0.05, 0.1) is 0 Å². The van der Waals surface area contributed by atoms with Gasteiger partial charge in [0.25, 0.3) is 0 Å². The molecule has 0 aliphatic heterocycles. The Morgan fingerprint density at radius 3 is 2.67 bits per heavy atom. The van der Waals surface area contributed by atoms with E-state index in [1.54, 1.807) is 6.07 Å². The topological polar surface area (TPSA) is 34.9 Å². The second-order valence-corrected chi connectivity index (χ2v) is 5.27. The van der Waals surface area contributed by atoms with Crippen LogP contribution >= 0.6 is 0 Å². The van der Waals surface area contributed by atoms with Crippen molar-refractivity contribution in [3.05, 3.63) is 54.2 Å². The molecule has 0 bridgehead atoms. The van der Waals surface area contributed by atoms with Crippen molar-refractivity contribution in [3.8, 4) is 11.1 Å². The number of pyridine rings is 1. The second-order valence-electron chi connectivity index (χ2n) is 5.27. The highest BCUT2D eigenvalue weighted by atomic mass is 19.1. The molecule has 0 fully saturated rings. The van der Waals surface area contributed by atoms with Crippen LogP contribution in [0.2, 0.25) is 0 Å². The first-order valence-corrected chi connectivity index (χ1v) is 6.82. The van der Waals surface area contributed by atoms with Crippen LogP contribution in [-0.4, -0.2) is 15.8 Å². The van der Waals surface area contributed by atoms with Gasteiger partial charge in [0, 0.05) is 40.5 Å². The molecule has 0 N–H and O–H groups in total. The number of hydrogen-bond acceptors (Lipinski definition) is 2. The Hall–Kier alpha value is -2.49. The van der Waals surface area contributed by atoms with Crippen molar-refractivity contribution in [2.75, 3.05) is 0 Å². The van der Waals surface area contributed by atoms with Gasteiger partial charge < -0.3 is 4.57 Å². The van der Waals surface area contributed by atoms with Crippen LogP contribution in [-0.2, 0) is 0 Å². The highest BCUT2D eigenvalue weighted by molar-refractivity contribution is 6.06. The standard InChI is InChI=1S/C17H15FN2O/c1-11(2)20-9-13(10-21)17-14(4-3-5-15(17)20)12-6-7-16(18)19-8-12/h3-11H,1-2H3. The lowest BCUT2D eigenvalue weighted by molar-refractivity contribution is 0.112. The summed E-state index contributed by atoms with van der Waals surface area (Å²) in [6.45, 7) is 4.14. The van der Waals surface area contributed by atoms with Gasteiger partial charge in [-0.15, -0.1) is 0 Å². The van der Waals surface area contributed by atoms with Crippen molar-refractivity contribution in [1.82, 2.24) is 9.55 Å². The fourth-order valence-corrected chi connectivity index (χ4v) is 2.63. The number of nitrogens with zero attached hydrogens (tertiary/aromatic N) is 2. The molecule has 0 aliphatic rings. The average Bonchev–Trinajstić information content (AvgIpc) is 2.87. The van der Waals surface area contributed by atoms with Crippen molar-refractivity contribution in [2.24, 2.45) is 0 Å². The van der Waals surface area contributed by atoms with E-state index < -0.39 is 5.95 Å². The van der Waals surface area contributed by atoms with E-state index in [1.165, 1.54) is 12.3 Å². The van der Waals surface area contributed by atoms with Crippen LogP contribution in [0, 0.1) is 5.95 Å². The summed E-state index contributed by atoms with van der Waals surface area (Å²) in [5.41, 5.74) is 3.32. The fraction of sp³-hybridized carbons (Fsp3) is 0.176. The van der Waals surface area contributed by atoms with E-state index in [9.17, 15) is 9.18 Å². The van der Waals surface area contributed by atoms with Crippen LogP contribution in [0.5, 0.6) is 0 Å². The molecule has 0 unspecified atom stereocenters. The largest absolute Gasteiger partial charge is 0.344 e. The molecule has 3 rings (SSSR count). The number of aromatic nitrogens is 2. The van der Waals surface area contributed by atoms with E-state index in [0.29, 0.717) is 5.56 Å². The lowest BCUT2D eigenvalue weighted by Gasteiger charge is -2.10. The molecule has 0 atom stereocenters. The summed E-state index contributed by atoms with van der Waals surface area (Å²) in [5, 5.41) is 0.884. The smallest absolute Gasteiger partial charge is 0.212 e. The van der Waals surface area contributed by atoms with Crippen molar-refractivity contribution >= 4 is 17.2 Å². The maximum atomic E-state index is 13.0. The van der Waals surface area contributed by atoms with Crippen LogP contribution in [0.4, 0.5) is 4.39 Å². The number of aldehydes is 1. The molecule has 2 aromatic heterocycles. The van der Waals surface area contributed by atoms with Gasteiger partial charge in [-0.2, -0.15) is 4.39 Å². The summed E-state index contributed by atoms with van der Waals surface area (Å²) < 4.78 is 15.1. The molecule has 3 nitrogen and oxygen atoms in total. The lowest BCUT2D eigenvalue weighted by Crippen LogP contribution is -1.97. The maximum Gasteiger partial charge on any atom is 0.212 e. The van der Waals surface area contributed by atoms with E-state index in [2.05, 4.69) is 23.4 Å². The van der Waals surface area contributed by atoms with Crippen LogP contribution < -0.4 is 0 Å². The molecule has 106 valence electrons. The van der Waals surface area contributed by atoms with Gasteiger partial charge in [-0.25, -0.2) is 4.98 Å². The minimum atomic E-state index is -0.513. The molecule has 2 heterocycles. The SMILES string of the molecule is CC(C)n1cc(C=O)c2c(-c3ccc(F)nc3)cccc21. The van der Waals surface area contributed by atoms with E-state index in [0.717, 1.165) is 28.3 Å². The summed E-state index contributed by atoms with van der Waals surface area (Å²) in [6, 6.07) is 9.11. The Kier molecular flexibility index (Phi) is 3.29. The summed E-state index contributed by atoms with van der Waals surface area (Å²) >= 11 is 0. The van der Waals surface area contributed by atoms with Gasteiger partial charge >= 0.3 is 0 Å². The molecule has 0 spiro atoms. The Labute approximate surface area is 122 Å². The van der Waals surface area contributed by atoms with Gasteiger partial charge in [0.1, 0.15) is 0 Å². The minimum absolute atomic E-state index is 0.253. The number of hydrogen-bond donors (Lipinski definition) is 0. The molecule has 3 aromatic rings. The summed E-state index contributed by atoms with van der Waals surface area (Å²) in [6.07, 6.45) is 4.22. The second kappa shape index (κ2) is 5.13. The Bertz CT molecular complexity index is 804. The van der Waals surface area contributed by atoms with Crippen LogP contribution in [0.15, 0.2) is 42.7 Å². The molecule has 0 saturated heterocycles. The Morgan fingerprint density at radius 1 is 1.24 bits per heavy atom. The molecular weight excluding hydrogens is 267 g/mol. The van der Waals surface area contributed by atoms with Gasteiger partial charge in [-0.3, -0.25) is 4.79 Å². The normalized spacial score (nSPS) is 11.2. The van der Waals surface area contributed by atoms with Gasteiger partial charge in [-0.05, 0) is 37.6 Å². The van der Waals surface area contributed by atoms with E-state index in [-0.39, 0.29) is 6.04 Å². The molecule has 0 aliphatic carbocycles. The highest BCUT2D eigenvalue weighted by Gasteiger charge is 2.14. The summed E-state index contributed by atoms with van der Waals surface area (Å²) in [5.74, 6) is -0.513.